The molecular formula is C30H47BO6. The zero-order valence-electron chi connectivity index (χ0n) is 23.9. The number of carbonyl (C=O) groups excluding carboxylic acids is 2. The van der Waals surface area contributed by atoms with E-state index in [1.54, 1.807) is 0 Å². The van der Waals surface area contributed by atoms with Crippen LogP contribution >= 0.6 is 0 Å². The molecule has 0 amide bonds. The summed E-state index contributed by atoms with van der Waals surface area (Å²) in [5.74, 6) is 1.78. The number of unbranched alkanes of at least 4 members (excludes halogenated alkanes) is 4. The van der Waals surface area contributed by atoms with Gasteiger partial charge in [-0.15, -0.1) is 0 Å². The normalized spacial score (nSPS) is 16.3. The van der Waals surface area contributed by atoms with Gasteiger partial charge in [-0.05, 0) is 96.8 Å². The topological polar surface area (TPSA) is 71.1 Å². The molecule has 1 aliphatic rings. The fraction of sp³-hybridized carbons (Fsp3) is 0.667. The van der Waals surface area contributed by atoms with Crippen LogP contribution in [0.4, 0.5) is 0 Å². The number of carbonyl (C=O) groups is 2. The van der Waals surface area contributed by atoms with Crippen LogP contribution in [0.25, 0.3) is 6.08 Å². The summed E-state index contributed by atoms with van der Waals surface area (Å²) < 4.78 is 22.3. The van der Waals surface area contributed by atoms with Gasteiger partial charge in [-0.3, -0.25) is 9.59 Å². The summed E-state index contributed by atoms with van der Waals surface area (Å²) in [7, 11) is -0.372. The van der Waals surface area contributed by atoms with E-state index in [-0.39, 0.29) is 30.3 Å². The minimum atomic E-state index is -0.372. The van der Waals surface area contributed by atoms with Gasteiger partial charge in [-0.1, -0.05) is 43.1 Å². The number of ether oxygens (including phenoxy) is 2. The Hall–Kier alpha value is -2.12. The Morgan fingerprint density at radius 2 is 1.22 bits per heavy atom. The second-order valence-electron chi connectivity index (χ2n) is 10.8. The molecule has 0 bridgehead atoms. The molecule has 7 heteroatoms. The van der Waals surface area contributed by atoms with E-state index >= 15 is 0 Å². The van der Waals surface area contributed by atoms with Crippen molar-refractivity contribution in [2.75, 3.05) is 13.2 Å². The van der Waals surface area contributed by atoms with Crippen molar-refractivity contribution in [1.82, 2.24) is 0 Å². The maximum Gasteiger partial charge on any atom is 0.487 e. The fourth-order valence-corrected chi connectivity index (χ4v) is 4.35. The van der Waals surface area contributed by atoms with Gasteiger partial charge in [-0.2, -0.15) is 0 Å². The molecule has 1 fully saturated rings. The predicted octanol–water partition coefficient (Wildman–Crippen LogP) is 6.66. The molecule has 1 aromatic carbocycles. The molecule has 1 heterocycles. The van der Waals surface area contributed by atoms with E-state index in [4.69, 9.17) is 18.8 Å². The minimum Gasteiger partial charge on any atom is -0.466 e. The van der Waals surface area contributed by atoms with Crippen LogP contribution in [0.5, 0.6) is 0 Å². The lowest BCUT2D eigenvalue weighted by atomic mass is 9.88. The maximum atomic E-state index is 11.6. The molecule has 0 saturated carbocycles. The van der Waals surface area contributed by atoms with E-state index in [9.17, 15) is 9.59 Å². The van der Waals surface area contributed by atoms with E-state index in [0.717, 1.165) is 56.9 Å². The van der Waals surface area contributed by atoms with Crippen molar-refractivity contribution in [3.8, 4) is 0 Å². The molecule has 37 heavy (non-hydrogen) atoms. The second kappa shape index (κ2) is 15.3. The highest BCUT2D eigenvalue weighted by atomic mass is 16.7. The van der Waals surface area contributed by atoms with Crippen LogP contribution in [-0.4, -0.2) is 43.5 Å². The van der Waals surface area contributed by atoms with E-state index in [2.05, 4.69) is 52.0 Å². The lowest BCUT2D eigenvalue weighted by Gasteiger charge is -2.32. The monoisotopic (exact) mass is 514 g/mol. The van der Waals surface area contributed by atoms with Gasteiger partial charge in [-0.25, -0.2) is 0 Å². The van der Waals surface area contributed by atoms with E-state index in [0.29, 0.717) is 26.1 Å². The summed E-state index contributed by atoms with van der Waals surface area (Å²) in [4.78, 5) is 23.1. The number of esters is 2. The molecule has 206 valence electrons. The molecule has 2 rings (SSSR count). The summed E-state index contributed by atoms with van der Waals surface area (Å²) in [5.41, 5.74) is 3.02. The van der Waals surface area contributed by atoms with Crippen LogP contribution in [0.2, 0.25) is 0 Å². The van der Waals surface area contributed by atoms with Gasteiger partial charge in [0.15, 0.2) is 0 Å². The molecule has 0 radical (unpaired) electrons. The smallest absolute Gasteiger partial charge is 0.466 e. The fourth-order valence-electron chi connectivity index (χ4n) is 4.35. The molecule has 0 aliphatic carbocycles. The molecule has 0 spiro atoms. The zero-order valence-corrected chi connectivity index (χ0v) is 23.9. The highest BCUT2D eigenvalue weighted by Gasteiger charge is 2.50. The third-order valence-corrected chi connectivity index (χ3v) is 7.10. The molecule has 6 nitrogen and oxygen atoms in total. The first-order chi connectivity index (χ1) is 17.6. The van der Waals surface area contributed by atoms with Crippen LogP contribution in [0.3, 0.4) is 0 Å². The summed E-state index contributed by atoms with van der Waals surface area (Å²) in [6.07, 6.45) is 10.8. The second-order valence-corrected chi connectivity index (χ2v) is 10.8. The Labute approximate surface area is 224 Å². The number of hydrogen-bond acceptors (Lipinski definition) is 6. The predicted molar refractivity (Wildman–Crippen MR) is 149 cm³/mol. The summed E-state index contributed by atoms with van der Waals surface area (Å²) in [6.45, 7) is 12.8. The van der Waals surface area contributed by atoms with Crippen LogP contribution in [0, 0.1) is 0 Å². The number of aryl methyl sites for hydroxylation is 2. The molecule has 1 aliphatic heterocycles. The van der Waals surface area contributed by atoms with Gasteiger partial charge in [0, 0.05) is 12.8 Å². The van der Waals surface area contributed by atoms with E-state index < -0.39 is 0 Å². The Morgan fingerprint density at radius 3 is 1.65 bits per heavy atom. The molecular weight excluding hydrogens is 467 g/mol. The van der Waals surface area contributed by atoms with E-state index in [1.165, 1.54) is 11.1 Å². The molecule has 0 unspecified atom stereocenters. The average Bonchev–Trinajstić information content (AvgIpc) is 3.03. The summed E-state index contributed by atoms with van der Waals surface area (Å²) in [5, 5.41) is 0. The van der Waals surface area contributed by atoms with Gasteiger partial charge >= 0.3 is 19.1 Å². The highest BCUT2D eigenvalue weighted by molar-refractivity contribution is 6.52. The largest absolute Gasteiger partial charge is 0.487 e. The first kappa shape index (κ1) is 31.1. The van der Waals surface area contributed by atoms with Crippen molar-refractivity contribution in [2.45, 2.75) is 117 Å². The Bertz CT molecular complexity index is 830. The van der Waals surface area contributed by atoms with Crippen molar-refractivity contribution in [1.29, 1.82) is 0 Å². The quantitative estimate of drug-likeness (QED) is 0.140. The van der Waals surface area contributed by atoms with Crippen molar-refractivity contribution in [3.05, 3.63) is 40.9 Å². The maximum absolute atomic E-state index is 11.6. The van der Waals surface area contributed by atoms with Crippen molar-refractivity contribution in [3.63, 3.8) is 0 Å². The van der Waals surface area contributed by atoms with Crippen molar-refractivity contribution in [2.24, 2.45) is 0 Å². The van der Waals surface area contributed by atoms with Gasteiger partial charge in [0.1, 0.15) is 0 Å². The Morgan fingerprint density at radius 1 is 0.757 bits per heavy atom. The first-order valence-electron chi connectivity index (χ1n) is 14.0. The molecule has 1 aromatic rings. The average molecular weight is 515 g/mol. The van der Waals surface area contributed by atoms with Gasteiger partial charge in [0.2, 0.25) is 0 Å². The van der Waals surface area contributed by atoms with Gasteiger partial charge < -0.3 is 18.8 Å². The SMILES string of the molecule is CCOC(=O)CCCCCc1cc(/C=C/B2OC(C)(C)C(C)(C)O2)cc(CCCCCC(=O)OCC)c1. The number of benzene rings is 1. The lowest BCUT2D eigenvalue weighted by Crippen LogP contribution is -2.41. The van der Waals surface area contributed by atoms with E-state index in [1.807, 2.05) is 19.8 Å². The highest BCUT2D eigenvalue weighted by Crippen LogP contribution is 2.37. The minimum absolute atomic E-state index is 0.109. The Kier molecular flexibility index (Phi) is 12.9. The zero-order chi connectivity index (χ0) is 27.3. The summed E-state index contributed by atoms with van der Waals surface area (Å²) in [6, 6.07) is 6.76. The third kappa shape index (κ3) is 11.0. The lowest BCUT2D eigenvalue weighted by molar-refractivity contribution is -0.144. The summed E-state index contributed by atoms with van der Waals surface area (Å²) >= 11 is 0. The third-order valence-electron chi connectivity index (χ3n) is 7.10. The Balaban J connectivity index is 1.98. The molecule has 1 saturated heterocycles. The molecule has 0 atom stereocenters. The van der Waals surface area contributed by atoms with Crippen molar-refractivity contribution >= 4 is 25.1 Å². The van der Waals surface area contributed by atoms with Crippen LogP contribution in [-0.2, 0) is 41.2 Å². The van der Waals surface area contributed by atoms with Crippen LogP contribution in [0.1, 0.15) is 110 Å². The van der Waals surface area contributed by atoms with Gasteiger partial charge in [0.05, 0.1) is 24.4 Å². The molecule has 0 aromatic heterocycles. The standard InChI is InChI=1S/C30H47BO6/c1-7-34-27(32)17-13-9-11-15-24-21-25(16-12-10-14-18-28(33)35-8-2)23-26(22-24)19-20-31-36-29(3,4)30(5,6)37-31/h19-23H,7-18H2,1-6H3/b20-19+. The number of hydrogen-bond donors (Lipinski definition) is 0. The van der Waals surface area contributed by atoms with Crippen LogP contribution < -0.4 is 0 Å². The van der Waals surface area contributed by atoms with Crippen molar-refractivity contribution < 1.29 is 28.4 Å². The first-order valence-corrected chi connectivity index (χ1v) is 14.0. The van der Waals surface area contributed by atoms with Crippen LogP contribution in [0.15, 0.2) is 24.2 Å². The number of rotatable bonds is 16. The molecule has 0 N–H and O–H groups in total. The van der Waals surface area contributed by atoms with Gasteiger partial charge in [0.25, 0.3) is 0 Å².